The van der Waals surface area contributed by atoms with Crippen LogP contribution in [0.1, 0.15) is 168 Å². The van der Waals surface area contributed by atoms with Crippen LogP contribution < -0.4 is 0 Å². The lowest BCUT2D eigenvalue weighted by atomic mass is 10.1. The van der Waals surface area contributed by atoms with E-state index in [1.807, 2.05) is 0 Å². The Labute approximate surface area is 334 Å². The van der Waals surface area contributed by atoms with Crippen LogP contribution in [0.3, 0.4) is 0 Å². The minimum absolute atomic E-state index is 0.146. The topological polar surface area (TPSA) is 149 Å². The summed E-state index contributed by atoms with van der Waals surface area (Å²) in [6.45, 7) is 2.19. The van der Waals surface area contributed by atoms with E-state index in [-0.39, 0.29) is 19.4 Å². The molecule has 0 aliphatic rings. The SMILES string of the molecule is CC/C=C\C/C=C\C/C=C\CCCCCC(=O)OC(COC(=O)CCCCCCCCCCC/C=C\C/C=C\CCCCC)COP(=O)(O)OCC(O)CO. The van der Waals surface area contributed by atoms with E-state index in [1.165, 1.54) is 57.8 Å². The van der Waals surface area contributed by atoms with Gasteiger partial charge < -0.3 is 24.6 Å². The normalized spacial score (nSPS) is 14.5. The molecule has 0 amide bonds. The molecule has 0 spiro atoms. The van der Waals surface area contributed by atoms with Gasteiger partial charge in [0.2, 0.25) is 0 Å². The lowest BCUT2D eigenvalue weighted by Crippen LogP contribution is -2.29. The molecule has 11 heteroatoms. The largest absolute Gasteiger partial charge is 0.472 e. The zero-order chi connectivity index (χ0) is 40.5. The molecule has 0 radical (unpaired) electrons. The molecule has 0 aliphatic carbocycles. The number of ether oxygens (including phenoxy) is 2. The Bertz CT molecular complexity index is 1100. The van der Waals surface area contributed by atoms with E-state index >= 15 is 0 Å². The smallest absolute Gasteiger partial charge is 0.462 e. The molecule has 0 fully saturated rings. The molecule has 0 bridgehead atoms. The predicted molar refractivity (Wildman–Crippen MR) is 224 cm³/mol. The Balaban J connectivity index is 4.31. The summed E-state index contributed by atoms with van der Waals surface area (Å²) in [6.07, 6.45) is 43.3. The molecule has 0 saturated carbocycles. The Kier molecular flexibility index (Phi) is 38.2. The molecule has 0 aromatic heterocycles. The van der Waals surface area contributed by atoms with Crippen molar-refractivity contribution in [2.45, 2.75) is 180 Å². The fourth-order valence-corrected chi connectivity index (χ4v) is 6.18. The van der Waals surface area contributed by atoms with Crippen LogP contribution in [0.4, 0.5) is 0 Å². The molecule has 10 nitrogen and oxygen atoms in total. The van der Waals surface area contributed by atoms with Gasteiger partial charge in [0.05, 0.1) is 19.8 Å². The van der Waals surface area contributed by atoms with Gasteiger partial charge in [-0.15, -0.1) is 0 Å². The van der Waals surface area contributed by atoms with Gasteiger partial charge in [-0.1, -0.05) is 139 Å². The average Bonchev–Trinajstić information content (AvgIpc) is 3.17. The summed E-state index contributed by atoms with van der Waals surface area (Å²) in [5.74, 6) is -0.968. The van der Waals surface area contributed by atoms with Gasteiger partial charge in [0.25, 0.3) is 0 Å². The Morgan fingerprint density at radius 2 is 1.00 bits per heavy atom. The van der Waals surface area contributed by atoms with Crippen molar-refractivity contribution in [1.29, 1.82) is 0 Å². The number of hydrogen-bond acceptors (Lipinski definition) is 9. The van der Waals surface area contributed by atoms with E-state index in [1.54, 1.807) is 0 Å². The lowest BCUT2D eigenvalue weighted by Gasteiger charge is -2.20. The Morgan fingerprint density at radius 1 is 0.564 bits per heavy atom. The highest BCUT2D eigenvalue weighted by molar-refractivity contribution is 7.47. The average molecular weight is 797 g/mol. The highest BCUT2D eigenvalue weighted by Gasteiger charge is 2.27. The summed E-state index contributed by atoms with van der Waals surface area (Å²) in [7, 11) is -4.63. The van der Waals surface area contributed by atoms with Gasteiger partial charge in [-0.05, 0) is 77.0 Å². The van der Waals surface area contributed by atoms with Crippen LogP contribution >= 0.6 is 7.82 Å². The highest BCUT2D eigenvalue weighted by atomic mass is 31.2. The third-order valence-electron chi connectivity index (χ3n) is 8.66. The lowest BCUT2D eigenvalue weighted by molar-refractivity contribution is -0.161. The van der Waals surface area contributed by atoms with Crippen LogP contribution in [-0.2, 0) is 32.7 Å². The number of carbonyl (C=O) groups is 2. The number of allylic oxidation sites excluding steroid dienone is 10. The number of esters is 2. The molecular formula is C44H77O10P. The maximum Gasteiger partial charge on any atom is 0.472 e. The molecule has 3 N–H and O–H groups in total. The van der Waals surface area contributed by atoms with Gasteiger partial charge >= 0.3 is 19.8 Å². The monoisotopic (exact) mass is 797 g/mol. The van der Waals surface area contributed by atoms with Crippen molar-refractivity contribution in [2.24, 2.45) is 0 Å². The molecule has 0 heterocycles. The molecule has 0 aliphatic heterocycles. The van der Waals surface area contributed by atoms with E-state index in [9.17, 15) is 24.2 Å². The van der Waals surface area contributed by atoms with Crippen molar-refractivity contribution >= 4 is 19.8 Å². The zero-order valence-corrected chi connectivity index (χ0v) is 35.3. The first-order chi connectivity index (χ1) is 26.7. The third-order valence-corrected chi connectivity index (χ3v) is 9.61. The first kappa shape index (κ1) is 52.7. The van der Waals surface area contributed by atoms with Crippen LogP contribution in [0.25, 0.3) is 0 Å². The molecule has 0 rings (SSSR count). The molecule has 0 aromatic rings. The van der Waals surface area contributed by atoms with Crippen LogP contribution in [0.2, 0.25) is 0 Å². The predicted octanol–water partition coefficient (Wildman–Crippen LogP) is 11.1. The molecule has 55 heavy (non-hydrogen) atoms. The molecule has 3 atom stereocenters. The number of hydrogen-bond donors (Lipinski definition) is 3. The van der Waals surface area contributed by atoms with Crippen molar-refractivity contribution < 1.29 is 47.8 Å². The minimum atomic E-state index is -4.63. The number of unbranched alkanes of at least 4 members (excludes halogenated alkanes) is 15. The summed E-state index contributed by atoms with van der Waals surface area (Å²) in [5, 5.41) is 18.3. The van der Waals surface area contributed by atoms with Crippen molar-refractivity contribution in [3.63, 3.8) is 0 Å². The zero-order valence-electron chi connectivity index (χ0n) is 34.4. The van der Waals surface area contributed by atoms with E-state index < -0.39 is 51.8 Å². The maximum absolute atomic E-state index is 12.6. The first-order valence-electron chi connectivity index (χ1n) is 21.2. The number of phosphoric acid groups is 1. The number of phosphoric ester groups is 1. The van der Waals surface area contributed by atoms with E-state index in [4.69, 9.17) is 19.1 Å². The number of aliphatic hydroxyl groups is 2. The van der Waals surface area contributed by atoms with Crippen LogP contribution in [0.15, 0.2) is 60.8 Å². The van der Waals surface area contributed by atoms with Crippen LogP contribution in [-0.4, -0.2) is 65.7 Å². The summed E-state index contributed by atoms with van der Waals surface area (Å²) in [6, 6.07) is 0. The van der Waals surface area contributed by atoms with E-state index in [0.29, 0.717) is 12.8 Å². The maximum atomic E-state index is 12.6. The second-order valence-electron chi connectivity index (χ2n) is 14.0. The fourth-order valence-electron chi connectivity index (χ4n) is 5.39. The van der Waals surface area contributed by atoms with E-state index in [2.05, 4.69) is 79.1 Å². The number of rotatable bonds is 39. The molecule has 0 aromatic carbocycles. The molecule has 3 unspecified atom stereocenters. The summed E-state index contributed by atoms with van der Waals surface area (Å²) in [4.78, 5) is 34.9. The summed E-state index contributed by atoms with van der Waals surface area (Å²) >= 11 is 0. The quantitative estimate of drug-likeness (QED) is 0.0237. The van der Waals surface area contributed by atoms with Gasteiger partial charge in [0.1, 0.15) is 12.7 Å². The van der Waals surface area contributed by atoms with Crippen molar-refractivity contribution in [2.75, 3.05) is 26.4 Å². The molecule has 318 valence electrons. The van der Waals surface area contributed by atoms with Crippen molar-refractivity contribution in [3.05, 3.63) is 60.8 Å². The standard InChI is InChI=1S/C44H77O10P/c1-3-5-7-9-11-13-15-17-18-19-20-21-22-24-25-27-29-31-33-35-43(47)51-39-42(40-53-55(49,50)52-38-41(46)37-45)54-44(48)36-34-32-30-28-26-23-16-14-12-10-8-6-4-2/h6,8,11-14,17-18,23,26,41-42,45-46H,3-5,7,9-10,15-16,19-22,24-25,27-40H2,1-2H3,(H,49,50)/b8-6-,13-11-,14-12-,18-17-,26-23-. The Morgan fingerprint density at radius 3 is 1.53 bits per heavy atom. The third kappa shape index (κ3) is 39.7. The van der Waals surface area contributed by atoms with Crippen molar-refractivity contribution in [1.82, 2.24) is 0 Å². The molecular weight excluding hydrogens is 719 g/mol. The van der Waals surface area contributed by atoms with E-state index in [0.717, 1.165) is 70.6 Å². The van der Waals surface area contributed by atoms with Gasteiger partial charge in [-0.3, -0.25) is 18.6 Å². The van der Waals surface area contributed by atoms with Crippen molar-refractivity contribution in [3.8, 4) is 0 Å². The fraction of sp³-hybridized carbons (Fsp3) is 0.727. The second kappa shape index (κ2) is 39.9. The van der Waals surface area contributed by atoms with Gasteiger partial charge in [-0.25, -0.2) is 4.57 Å². The number of aliphatic hydroxyl groups excluding tert-OH is 2. The molecule has 0 saturated heterocycles. The van der Waals surface area contributed by atoms with Gasteiger partial charge in [0, 0.05) is 12.8 Å². The first-order valence-corrected chi connectivity index (χ1v) is 22.7. The van der Waals surface area contributed by atoms with Gasteiger partial charge in [-0.2, -0.15) is 0 Å². The number of carbonyl (C=O) groups excluding carboxylic acids is 2. The summed E-state index contributed by atoms with van der Waals surface area (Å²) < 4.78 is 32.6. The highest BCUT2D eigenvalue weighted by Crippen LogP contribution is 2.43. The van der Waals surface area contributed by atoms with Gasteiger partial charge in [0.15, 0.2) is 6.10 Å². The summed E-state index contributed by atoms with van der Waals surface area (Å²) in [5.41, 5.74) is 0. The van der Waals surface area contributed by atoms with Crippen LogP contribution in [0.5, 0.6) is 0 Å². The second-order valence-corrected chi connectivity index (χ2v) is 15.4. The van der Waals surface area contributed by atoms with Crippen LogP contribution in [0, 0.1) is 0 Å². The Hall–Kier alpha value is -2.33. The minimum Gasteiger partial charge on any atom is -0.462 e.